The van der Waals surface area contributed by atoms with E-state index in [4.69, 9.17) is 10.5 Å². The van der Waals surface area contributed by atoms with Gasteiger partial charge >= 0.3 is 0 Å². The van der Waals surface area contributed by atoms with Crippen LogP contribution in [0.15, 0.2) is 24.3 Å². The van der Waals surface area contributed by atoms with Crippen LogP contribution < -0.4 is 10.6 Å². The molecule has 0 spiro atoms. The predicted molar refractivity (Wildman–Crippen MR) is 69.4 cm³/mol. The largest absolute Gasteiger partial charge is 0.378 e. The first-order chi connectivity index (χ1) is 8.36. The monoisotopic (exact) mass is 232 g/mol. The third kappa shape index (κ3) is 1.94. The molecule has 2 fully saturated rings. The number of rotatable bonds is 3. The van der Waals surface area contributed by atoms with Gasteiger partial charge in [-0.1, -0.05) is 18.2 Å². The van der Waals surface area contributed by atoms with E-state index in [1.807, 2.05) is 0 Å². The van der Waals surface area contributed by atoms with Gasteiger partial charge in [0.25, 0.3) is 0 Å². The van der Waals surface area contributed by atoms with Crippen molar-refractivity contribution in [2.75, 3.05) is 37.7 Å². The average molecular weight is 232 g/mol. The van der Waals surface area contributed by atoms with Gasteiger partial charge in [-0.05, 0) is 24.5 Å². The van der Waals surface area contributed by atoms with Gasteiger partial charge in [0.05, 0.1) is 13.2 Å². The Morgan fingerprint density at radius 2 is 1.88 bits per heavy atom. The molecule has 0 atom stereocenters. The minimum atomic E-state index is 0.273. The maximum atomic E-state index is 5.96. The van der Waals surface area contributed by atoms with Gasteiger partial charge in [-0.25, -0.2) is 0 Å². The summed E-state index contributed by atoms with van der Waals surface area (Å²) in [5.74, 6) is 0. The van der Waals surface area contributed by atoms with Crippen LogP contribution in [0, 0.1) is 0 Å². The summed E-state index contributed by atoms with van der Waals surface area (Å²) in [7, 11) is 0. The third-order valence-electron chi connectivity index (χ3n) is 4.07. The summed E-state index contributed by atoms with van der Waals surface area (Å²) in [4.78, 5) is 2.44. The van der Waals surface area contributed by atoms with Gasteiger partial charge in [-0.3, -0.25) is 0 Å². The second-order valence-corrected chi connectivity index (χ2v) is 5.10. The van der Waals surface area contributed by atoms with Crippen LogP contribution in [0.2, 0.25) is 0 Å². The SMILES string of the molecule is NCC1(c2ccccc2N2CCOCC2)CC1. The first-order valence-electron chi connectivity index (χ1n) is 6.48. The summed E-state index contributed by atoms with van der Waals surface area (Å²) in [5.41, 5.74) is 9.05. The highest BCUT2D eigenvalue weighted by Gasteiger charge is 2.44. The van der Waals surface area contributed by atoms with Crippen LogP contribution in [0.1, 0.15) is 18.4 Å². The van der Waals surface area contributed by atoms with E-state index in [0.717, 1.165) is 32.8 Å². The Morgan fingerprint density at radius 3 is 2.53 bits per heavy atom. The fourth-order valence-corrected chi connectivity index (χ4v) is 2.74. The molecule has 0 bridgehead atoms. The van der Waals surface area contributed by atoms with Crippen molar-refractivity contribution >= 4 is 5.69 Å². The van der Waals surface area contributed by atoms with Crippen LogP contribution in [0.4, 0.5) is 5.69 Å². The molecule has 1 saturated carbocycles. The number of hydrogen-bond donors (Lipinski definition) is 1. The normalized spacial score (nSPS) is 22.5. The lowest BCUT2D eigenvalue weighted by Gasteiger charge is -2.32. The summed E-state index contributed by atoms with van der Waals surface area (Å²) in [6.45, 7) is 4.44. The van der Waals surface area contributed by atoms with Crippen LogP contribution >= 0.6 is 0 Å². The molecule has 92 valence electrons. The third-order valence-corrected chi connectivity index (χ3v) is 4.07. The van der Waals surface area contributed by atoms with E-state index in [0.29, 0.717) is 0 Å². The van der Waals surface area contributed by atoms with Crippen LogP contribution in [-0.2, 0) is 10.2 Å². The summed E-state index contributed by atoms with van der Waals surface area (Å²) >= 11 is 0. The molecule has 0 amide bonds. The van der Waals surface area contributed by atoms with E-state index in [1.54, 1.807) is 0 Å². The second kappa shape index (κ2) is 4.31. The lowest BCUT2D eigenvalue weighted by atomic mass is 9.93. The Balaban J connectivity index is 1.93. The molecule has 0 aromatic heterocycles. The lowest BCUT2D eigenvalue weighted by molar-refractivity contribution is 0.122. The van der Waals surface area contributed by atoms with Gasteiger partial charge in [0.15, 0.2) is 0 Å². The maximum absolute atomic E-state index is 5.96. The van der Waals surface area contributed by atoms with E-state index >= 15 is 0 Å². The number of nitrogens with two attached hydrogens (primary N) is 1. The number of anilines is 1. The van der Waals surface area contributed by atoms with Crippen molar-refractivity contribution in [1.29, 1.82) is 0 Å². The number of benzene rings is 1. The molecule has 2 aliphatic rings. The Kier molecular flexibility index (Phi) is 2.81. The van der Waals surface area contributed by atoms with Crippen molar-refractivity contribution in [3.8, 4) is 0 Å². The molecule has 2 N–H and O–H groups in total. The van der Waals surface area contributed by atoms with Gasteiger partial charge < -0.3 is 15.4 Å². The fraction of sp³-hybridized carbons (Fsp3) is 0.571. The van der Waals surface area contributed by atoms with Crippen LogP contribution in [0.25, 0.3) is 0 Å². The van der Waals surface area contributed by atoms with Crippen LogP contribution in [-0.4, -0.2) is 32.8 Å². The number of para-hydroxylation sites is 1. The zero-order valence-electron chi connectivity index (χ0n) is 10.2. The molecule has 3 nitrogen and oxygen atoms in total. The minimum absolute atomic E-state index is 0.273. The second-order valence-electron chi connectivity index (χ2n) is 5.10. The standard InChI is InChI=1S/C14H20N2O/c15-11-14(5-6-14)12-3-1-2-4-13(12)16-7-9-17-10-8-16/h1-4H,5-11,15H2. The van der Waals surface area contributed by atoms with Crippen molar-refractivity contribution in [3.63, 3.8) is 0 Å². The van der Waals surface area contributed by atoms with Crippen molar-refractivity contribution in [3.05, 3.63) is 29.8 Å². The first-order valence-corrected chi connectivity index (χ1v) is 6.48. The molecule has 1 aromatic rings. The van der Waals surface area contributed by atoms with E-state index in [-0.39, 0.29) is 5.41 Å². The van der Waals surface area contributed by atoms with Gasteiger partial charge in [-0.15, -0.1) is 0 Å². The van der Waals surface area contributed by atoms with Crippen molar-refractivity contribution in [2.24, 2.45) is 5.73 Å². The molecule has 0 unspecified atom stereocenters. The molecule has 1 aliphatic heterocycles. The zero-order chi connectivity index (χ0) is 11.7. The highest BCUT2D eigenvalue weighted by Crippen LogP contribution is 2.50. The smallest absolute Gasteiger partial charge is 0.0642 e. The molecule has 1 saturated heterocycles. The van der Waals surface area contributed by atoms with E-state index in [2.05, 4.69) is 29.2 Å². The van der Waals surface area contributed by atoms with E-state index in [1.165, 1.54) is 24.1 Å². The fourth-order valence-electron chi connectivity index (χ4n) is 2.74. The van der Waals surface area contributed by atoms with Crippen molar-refractivity contribution in [2.45, 2.75) is 18.3 Å². The molecule has 1 aromatic carbocycles. The average Bonchev–Trinajstić information content (AvgIpc) is 3.21. The number of hydrogen-bond acceptors (Lipinski definition) is 3. The summed E-state index contributed by atoms with van der Waals surface area (Å²) in [5, 5.41) is 0. The quantitative estimate of drug-likeness (QED) is 0.858. The highest BCUT2D eigenvalue weighted by molar-refractivity contribution is 5.59. The molecule has 1 heterocycles. The molecular weight excluding hydrogens is 212 g/mol. The predicted octanol–water partition coefficient (Wildman–Crippen LogP) is 1.51. The maximum Gasteiger partial charge on any atom is 0.0642 e. The highest BCUT2D eigenvalue weighted by atomic mass is 16.5. The minimum Gasteiger partial charge on any atom is -0.378 e. The number of nitrogens with zero attached hydrogens (tertiary/aromatic N) is 1. The Hall–Kier alpha value is -1.06. The number of ether oxygens (including phenoxy) is 1. The summed E-state index contributed by atoms with van der Waals surface area (Å²) in [6.07, 6.45) is 2.48. The Bertz CT molecular complexity index is 395. The molecule has 1 aliphatic carbocycles. The topological polar surface area (TPSA) is 38.5 Å². The molecule has 3 rings (SSSR count). The van der Waals surface area contributed by atoms with Gasteiger partial charge in [0.1, 0.15) is 0 Å². The summed E-state index contributed by atoms with van der Waals surface area (Å²) < 4.78 is 5.42. The molecule has 0 radical (unpaired) electrons. The van der Waals surface area contributed by atoms with Crippen LogP contribution in [0.3, 0.4) is 0 Å². The van der Waals surface area contributed by atoms with Crippen molar-refractivity contribution in [1.82, 2.24) is 0 Å². The van der Waals surface area contributed by atoms with Gasteiger partial charge in [-0.2, -0.15) is 0 Å². The molecule has 3 heteroatoms. The number of morpholine rings is 1. The van der Waals surface area contributed by atoms with E-state index < -0.39 is 0 Å². The van der Waals surface area contributed by atoms with Gasteiger partial charge in [0.2, 0.25) is 0 Å². The summed E-state index contributed by atoms with van der Waals surface area (Å²) in [6, 6.07) is 8.75. The molecule has 17 heavy (non-hydrogen) atoms. The lowest BCUT2D eigenvalue weighted by Crippen LogP contribution is -2.37. The molecular formula is C14H20N2O. The first kappa shape index (κ1) is 11.1. The van der Waals surface area contributed by atoms with Crippen molar-refractivity contribution < 1.29 is 4.74 Å². The zero-order valence-corrected chi connectivity index (χ0v) is 10.2. The van der Waals surface area contributed by atoms with Crippen LogP contribution in [0.5, 0.6) is 0 Å². The Labute approximate surface area is 103 Å². The van der Waals surface area contributed by atoms with E-state index in [9.17, 15) is 0 Å². The van der Waals surface area contributed by atoms with Gasteiger partial charge in [0, 0.05) is 30.7 Å². The Morgan fingerprint density at radius 1 is 1.18 bits per heavy atom.